The van der Waals surface area contributed by atoms with E-state index < -0.39 is 0 Å². The van der Waals surface area contributed by atoms with Gasteiger partial charge in [-0.15, -0.1) is 0 Å². The van der Waals surface area contributed by atoms with Gasteiger partial charge in [0.25, 0.3) is 0 Å². The van der Waals surface area contributed by atoms with Crippen molar-refractivity contribution in [1.29, 1.82) is 0 Å². The summed E-state index contributed by atoms with van der Waals surface area (Å²) < 4.78 is 5.42. The Bertz CT molecular complexity index is 349. The van der Waals surface area contributed by atoms with E-state index in [1.807, 2.05) is 18.2 Å². The molecule has 1 heterocycles. The molecule has 88 valence electrons. The van der Waals surface area contributed by atoms with Gasteiger partial charge in [0.1, 0.15) is 0 Å². The van der Waals surface area contributed by atoms with Crippen LogP contribution in [-0.2, 0) is 11.3 Å². The highest BCUT2D eigenvalue weighted by Crippen LogP contribution is 2.19. The molecule has 0 aliphatic carbocycles. The second-order valence-corrected chi connectivity index (χ2v) is 4.52. The summed E-state index contributed by atoms with van der Waals surface area (Å²) in [4.78, 5) is 2.37. The minimum Gasteiger partial charge on any atom is -0.398 e. The number of nitrogen functional groups attached to an aromatic ring is 1. The monoisotopic (exact) mass is 240 g/mol. The van der Waals surface area contributed by atoms with E-state index in [4.69, 9.17) is 22.1 Å². The molecule has 0 aromatic heterocycles. The van der Waals surface area contributed by atoms with E-state index in [1.165, 1.54) is 0 Å². The van der Waals surface area contributed by atoms with E-state index in [-0.39, 0.29) is 0 Å². The van der Waals surface area contributed by atoms with Crippen LogP contribution in [0.15, 0.2) is 18.2 Å². The number of nitrogens with two attached hydrogens (primary N) is 1. The van der Waals surface area contributed by atoms with E-state index in [2.05, 4.69) is 4.90 Å². The summed E-state index contributed by atoms with van der Waals surface area (Å²) in [6.45, 7) is 4.61. The second kappa shape index (κ2) is 5.53. The molecule has 1 saturated heterocycles. The molecule has 0 amide bonds. The van der Waals surface area contributed by atoms with Gasteiger partial charge in [0, 0.05) is 37.0 Å². The van der Waals surface area contributed by atoms with Gasteiger partial charge in [-0.25, -0.2) is 0 Å². The first-order chi connectivity index (χ1) is 7.75. The number of benzene rings is 1. The number of halogens is 1. The van der Waals surface area contributed by atoms with Crippen molar-refractivity contribution in [2.45, 2.75) is 13.0 Å². The standard InChI is InChI=1S/C12H17ClN2O/c13-11-3-2-10(12(14)8-11)9-15-4-1-6-16-7-5-15/h2-3,8H,1,4-7,9,14H2. The highest BCUT2D eigenvalue weighted by Gasteiger charge is 2.11. The molecule has 1 aliphatic rings. The van der Waals surface area contributed by atoms with Gasteiger partial charge in [-0.1, -0.05) is 17.7 Å². The van der Waals surface area contributed by atoms with E-state index >= 15 is 0 Å². The lowest BCUT2D eigenvalue weighted by atomic mass is 10.1. The third kappa shape index (κ3) is 3.11. The van der Waals surface area contributed by atoms with Crippen molar-refractivity contribution < 1.29 is 4.74 Å². The average molecular weight is 241 g/mol. The molecular formula is C12H17ClN2O. The van der Waals surface area contributed by atoms with Crippen molar-refractivity contribution in [2.75, 3.05) is 32.0 Å². The minimum absolute atomic E-state index is 0.695. The molecule has 2 N–H and O–H groups in total. The summed E-state index contributed by atoms with van der Waals surface area (Å²) in [5, 5.41) is 0.695. The molecule has 0 radical (unpaired) electrons. The number of ether oxygens (including phenoxy) is 1. The summed E-state index contributed by atoms with van der Waals surface area (Å²) >= 11 is 5.87. The van der Waals surface area contributed by atoms with Crippen molar-refractivity contribution in [3.63, 3.8) is 0 Å². The predicted molar refractivity (Wildman–Crippen MR) is 66.6 cm³/mol. The Labute approximate surface area is 101 Å². The smallest absolute Gasteiger partial charge is 0.0593 e. The molecule has 1 aliphatic heterocycles. The van der Waals surface area contributed by atoms with Crippen LogP contribution in [0.2, 0.25) is 5.02 Å². The fourth-order valence-corrected chi connectivity index (χ4v) is 2.09. The van der Waals surface area contributed by atoms with Crippen LogP contribution in [0.1, 0.15) is 12.0 Å². The zero-order valence-electron chi connectivity index (χ0n) is 9.29. The van der Waals surface area contributed by atoms with Crippen LogP contribution in [0.5, 0.6) is 0 Å². The third-order valence-corrected chi connectivity index (χ3v) is 3.05. The maximum absolute atomic E-state index is 5.94. The van der Waals surface area contributed by atoms with Gasteiger partial charge < -0.3 is 10.5 Å². The molecule has 0 bridgehead atoms. The molecule has 1 fully saturated rings. The van der Waals surface area contributed by atoms with Gasteiger partial charge in [0.2, 0.25) is 0 Å². The fourth-order valence-electron chi connectivity index (χ4n) is 1.91. The van der Waals surface area contributed by atoms with Crippen LogP contribution >= 0.6 is 11.6 Å². The summed E-state index contributed by atoms with van der Waals surface area (Å²) in [5.74, 6) is 0. The van der Waals surface area contributed by atoms with E-state index in [9.17, 15) is 0 Å². The zero-order chi connectivity index (χ0) is 11.4. The molecule has 1 aromatic carbocycles. The number of nitrogens with zero attached hydrogens (tertiary/aromatic N) is 1. The van der Waals surface area contributed by atoms with Crippen LogP contribution in [-0.4, -0.2) is 31.2 Å². The SMILES string of the molecule is Nc1cc(Cl)ccc1CN1CCCOCC1. The van der Waals surface area contributed by atoms with Gasteiger partial charge in [-0.2, -0.15) is 0 Å². The van der Waals surface area contributed by atoms with Crippen LogP contribution in [0.3, 0.4) is 0 Å². The molecule has 0 spiro atoms. The normalized spacial score (nSPS) is 18.3. The van der Waals surface area contributed by atoms with Crippen LogP contribution in [0.25, 0.3) is 0 Å². The molecular weight excluding hydrogens is 224 g/mol. The second-order valence-electron chi connectivity index (χ2n) is 4.09. The van der Waals surface area contributed by atoms with Crippen LogP contribution in [0.4, 0.5) is 5.69 Å². The predicted octanol–water partition coefficient (Wildman–Crippen LogP) is 2.14. The first-order valence-corrected chi connectivity index (χ1v) is 5.97. The van der Waals surface area contributed by atoms with Gasteiger partial charge in [-0.05, 0) is 24.1 Å². The Balaban J connectivity index is 2.01. The molecule has 2 rings (SSSR count). The Morgan fingerprint density at radius 2 is 2.19 bits per heavy atom. The third-order valence-electron chi connectivity index (χ3n) is 2.82. The maximum Gasteiger partial charge on any atom is 0.0593 e. The number of rotatable bonds is 2. The van der Waals surface area contributed by atoms with Crippen molar-refractivity contribution >= 4 is 17.3 Å². The van der Waals surface area contributed by atoms with Crippen LogP contribution < -0.4 is 5.73 Å². The van der Waals surface area contributed by atoms with Crippen LogP contribution in [0, 0.1) is 0 Å². The van der Waals surface area contributed by atoms with E-state index in [0.717, 1.165) is 50.5 Å². The molecule has 16 heavy (non-hydrogen) atoms. The topological polar surface area (TPSA) is 38.5 Å². The molecule has 0 saturated carbocycles. The van der Waals surface area contributed by atoms with Crippen molar-refractivity contribution in [1.82, 2.24) is 4.90 Å². The zero-order valence-corrected chi connectivity index (χ0v) is 10.0. The summed E-state index contributed by atoms with van der Waals surface area (Å²) in [6, 6.07) is 5.70. The van der Waals surface area contributed by atoms with Gasteiger partial charge >= 0.3 is 0 Å². The van der Waals surface area contributed by atoms with E-state index in [0.29, 0.717) is 5.02 Å². The maximum atomic E-state index is 5.94. The summed E-state index contributed by atoms with van der Waals surface area (Å²) in [6.07, 6.45) is 1.09. The first kappa shape index (κ1) is 11.7. The Morgan fingerprint density at radius 3 is 3.00 bits per heavy atom. The van der Waals surface area contributed by atoms with Crippen molar-refractivity contribution in [3.8, 4) is 0 Å². The molecule has 4 heteroatoms. The van der Waals surface area contributed by atoms with Crippen molar-refractivity contribution in [2.24, 2.45) is 0 Å². The quantitative estimate of drug-likeness (QED) is 0.805. The lowest BCUT2D eigenvalue weighted by Gasteiger charge is -2.20. The van der Waals surface area contributed by atoms with E-state index in [1.54, 1.807) is 0 Å². The largest absolute Gasteiger partial charge is 0.398 e. The number of hydrogen-bond donors (Lipinski definition) is 1. The highest BCUT2D eigenvalue weighted by molar-refractivity contribution is 6.30. The van der Waals surface area contributed by atoms with Gasteiger partial charge in [0.05, 0.1) is 6.61 Å². The highest BCUT2D eigenvalue weighted by atomic mass is 35.5. The molecule has 3 nitrogen and oxygen atoms in total. The molecule has 1 aromatic rings. The lowest BCUT2D eigenvalue weighted by Crippen LogP contribution is -2.26. The Morgan fingerprint density at radius 1 is 1.31 bits per heavy atom. The fraction of sp³-hybridized carbons (Fsp3) is 0.500. The number of anilines is 1. The molecule has 0 unspecified atom stereocenters. The van der Waals surface area contributed by atoms with Gasteiger partial charge in [-0.3, -0.25) is 4.90 Å². The van der Waals surface area contributed by atoms with Gasteiger partial charge in [0.15, 0.2) is 0 Å². The van der Waals surface area contributed by atoms with Crippen molar-refractivity contribution in [3.05, 3.63) is 28.8 Å². The number of hydrogen-bond acceptors (Lipinski definition) is 3. The summed E-state index contributed by atoms with van der Waals surface area (Å²) in [5.41, 5.74) is 7.86. The Hall–Kier alpha value is -0.770. The minimum atomic E-state index is 0.695. The average Bonchev–Trinajstić information content (AvgIpc) is 2.51. The summed E-state index contributed by atoms with van der Waals surface area (Å²) in [7, 11) is 0. The first-order valence-electron chi connectivity index (χ1n) is 5.60. The Kier molecular flexibility index (Phi) is 4.04. The lowest BCUT2D eigenvalue weighted by molar-refractivity contribution is 0.140. The molecule has 0 atom stereocenters.